The number of hydrogen-bond acceptors (Lipinski definition) is 2. The normalized spacial score (nSPS) is 16.9. The molecular formula is C20H29FIN5O. The van der Waals surface area contributed by atoms with Gasteiger partial charge in [0.2, 0.25) is 5.91 Å². The summed E-state index contributed by atoms with van der Waals surface area (Å²) in [5, 5.41) is 7.74. The number of carbonyl (C=O) groups is 1. The Hall–Kier alpha value is -1.84. The van der Waals surface area contributed by atoms with Crippen LogP contribution < -0.4 is 10.6 Å². The number of benzene rings is 1. The maximum absolute atomic E-state index is 13.3. The zero-order chi connectivity index (χ0) is 19.2. The van der Waals surface area contributed by atoms with Crippen LogP contribution in [0.1, 0.15) is 32.3 Å². The Balaban J connectivity index is 0.00000280. The highest BCUT2D eigenvalue weighted by Gasteiger charge is 2.25. The van der Waals surface area contributed by atoms with E-state index >= 15 is 0 Å². The number of aromatic nitrogens is 1. The van der Waals surface area contributed by atoms with Gasteiger partial charge in [0.1, 0.15) is 5.82 Å². The van der Waals surface area contributed by atoms with E-state index in [9.17, 15) is 9.18 Å². The van der Waals surface area contributed by atoms with E-state index in [1.807, 2.05) is 31.0 Å². The van der Waals surface area contributed by atoms with Gasteiger partial charge in [-0.05, 0) is 43.5 Å². The van der Waals surface area contributed by atoms with E-state index in [0.29, 0.717) is 13.0 Å². The van der Waals surface area contributed by atoms with Gasteiger partial charge in [-0.25, -0.2) is 4.39 Å². The summed E-state index contributed by atoms with van der Waals surface area (Å²) in [6.45, 7) is 6.87. The molecule has 0 aliphatic carbocycles. The van der Waals surface area contributed by atoms with E-state index < -0.39 is 0 Å². The van der Waals surface area contributed by atoms with Gasteiger partial charge in [-0.2, -0.15) is 0 Å². The number of hydrogen-bond donors (Lipinski definition) is 3. The number of fused-ring (bicyclic) bond motifs is 1. The Bertz CT molecular complexity index is 822. The summed E-state index contributed by atoms with van der Waals surface area (Å²) >= 11 is 0. The molecule has 28 heavy (non-hydrogen) atoms. The lowest BCUT2D eigenvalue weighted by Gasteiger charge is -2.18. The molecule has 154 valence electrons. The van der Waals surface area contributed by atoms with Crippen molar-refractivity contribution in [1.29, 1.82) is 0 Å². The Morgan fingerprint density at radius 3 is 2.96 bits per heavy atom. The first-order chi connectivity index (χ1) is 13.1. The van der Waals surface area contributed by atoms with Gasteiger partial charge < -0.3 is 20.5 Å². The second kappa shape index (κ2) is 10.6. The Morgan fingerprint density at radius 1 is 1.39 bits per heavy atom. The third-order valence-corrected chi connectivity index (χ3v) is 4.91. The first kappa shape index (κ1) is 22.4. The number of guanidine groups is 1. The van der Waals surface area contributed by atoms with Crippen LogP contribution in [0.4, 0.5) is 4.39 Å². The summed E-state index contributed by atoms with van der Waals surface area (Å²) in [7, 11) is 0. The van der Waals surface area contributed by atoms with Gasteiger partial charge in [-0.1, -0.05) is 6.92 Å². The summed E-state index contributed by atoms with van der Waals surface area (Å²) in [6.07, 6.45) is 4.18. The first-order valence-corrected chi connectivity index (χ1v) is 9.68. The highest BCUT2D eigenvalue weighted by molar-refractivity contribution is 14.0. The molecule has 0 saturated carbocycles. The number of nitrogens with zero attached hydrogens (tertiary/aromatic N) is 2. The third kappa shape index (κ3) is 5.59. The van der Waals surface area contributed by atoms with Crippen LogP contribution in [0, 0.1) is 5.82 Å². The average Bonchev–Trinajstić information content (AvgIpc) is 3.28. The maximum atomic E-state index is 13.3. The number of H-pyrrole nitrogens is 1. The first-order valence-electron chi connectivity index (χ1n) is 9.68. The van der Waals surface area contributed by atoms with Gasteiger partial charge in [0.05, 0.1) is 0 Å². The summed E-state index contributed by atoms with van der Waals surface area (Å²) < 4.78 is 13.3. The van der Waals surface area contributed by atoms with Crippen molar-refractivity contribution in [3.63, 3.8) is 0 Å². The molecular weight excluding hydrogens is 472 g/mol. The van der Waals surface area contributed by atoms with Crippen molar-refractivity contribution in [2.45, 2.75) is 39.2 Å². The largest absolute Gasteiger partial charge is 0.361 e. The molecule has 1 amide bonds. The Kier molecular flexibility index (Phi) is 8.53. The molecule has 1 fully saturated rings. The minimum atomic E-state index is -0.236. The number of carbonyl (C=O) groups excluding carboxylic acids is 1. The molecule has 1 atom stereocenters. The molecule has 2 heterocycles. The number of aliphatic imine (C=N–C) groups is 1. The molecule has 1 aliphatic heterocycles. The SMILES string of the molecule is CCNC(=NCCc1c[nH]c2cc(F)ccc12)NC1CCN(C(=O)CC)C1.I. The van der Waals surface area contributed by atoms with Crippen molar-refractivity contribution in [1.82, 2.24) is 20.5 Å². The zero-order valence-electron chi connectivity index (χ0n) is 16.4. The molecule has 0 spiro atoms. The highest BCUT2D eigenvalue weighted by Crippen LogP contribution is 2.19. The lowest BCUT2D eigenvalue weighted by Crippen LogP contribution is -2.45. The molecule has 8 heteroatoms. The van der Waals surface area contributed by atoms with Crippen LogP contribution >= 0.6 is 24.0 Å². The molecule has 0 bridgehead atoms. The zero-order valence-corrected chi connectivity index (χ0v) is 18.8. The quantitative estimate of drug-likeness (QED) is 0.324. The fourth-order valence-corrected chi connectivity index (χ4v) is 3.50. The van der Waals surface area contributed by atoms with E-state index in [1.165, 1.54) is 12.1 Å². The summed E-state index contributed by atoms with van der Waals surface area (Å²) in [5.41, 5.74) is 1.94. The number of likely N-dealkylation sites (tertiary alicyclic amines) is 1. The smallest absolute Gasteiger partial charge is 0.222 e. The van der Waals surface area contributed by atoms with Gasteiger partial charge in [0.25, 0.3) is 0 Å². The standard InChI is InChI=1S/C20H28FN5O.HI/c1-3-19(27)26-10-8-16(13-26)25-20(22-4-2)23-9-7-14-12-24-18-11-15(21)5-6-17(14)18;/h5-6,11-12,16,24H,3-4,7-10,13H2,1-2H3,(H2,22,23,25);1H. The van der Waals surface area contributed by atoms with Gasteiger partial charge in [-0.15, -0.1) is 24.0 Å². The molecule has 1 aliphatic rings. The van der Waals surface area contributed by atoms with Crippen molar-refractivity contribution in [2.24, 2.45) is 4.99 Å². The van der Waals surface area contributed by atoms with E-state index in [1.54, 1.807) is 0 Å². The third-order valence-electron chi connectivity index (χ3n) is 4.91. The molecule has 1 aromatic heterocycles. The molecule has 3 N–H and O–H groups in total. The number of amides is 1. The molecule has 2 aromatic rings. The van der Waals surface area contributed by atoms with Crippen LogP contribution in [-0.4, -0.2) is 54.0 Å². The average molecular weight is 501 g/mol. The van der Waals surface area contributed by atoms with Crippen molar-refractivity contribution in [2.75, 3.05) is 26.2 Å². The van der Waals surface area contributed by atoms with Crippen LogP contribution in [0.2, 0.25) is 0 Å². The predicted octanol–water partition coefficient (Wildman–Crippen LogP) is 3.03. The van der Waals surface area contributed by atoms with Gasteiger partial charge in [0.15, 0.2) is 5.96 Å². The lowest BCUT2D eigenvalue weighted by molar-refractivity contribution is -0.129. The van der Waals surface area contributed by atoms with E-state index in [0.717, 1.165) is 54.9 Å². The van der Waals surface area contributed by atoms with Crippen LogP contribution in [0.15, 0.2) is 29.4 Å². The number of halogens is 2. The van der Waals surface area contributed by atoms with Gasteiger partial charge >= 0.3 is 0 Å². The minimum Gasteiger partial charge on any atom is -0.361 e. The molecule has 6 nitrogen and oxygen atoms in total. The fourth-order valence-electron chi connectivity index (χ4n) is 3.50. The van der Waals surface area contributed by atoms with E-state index in [2.05, 4.69) is 20.6 Å². The van der Waals surface area contributed by atoms with Gasteiger partial charge in [0, 0.05) is 55.7 Å². The number of nitrogens with one attached hydrogen (secondary N) is 3. The summed E-state index contributed by atoms with van der Waals surface area (Å²) in [6, 6.07) is 5.03. The van der Waals surface area contributed by atoms with Gasteiger partial charge in [-0.3, -0.25) is 9.79 Å². The molecule has 1 unspecified atom stereocenters. The van der Waals surface area contributed by atoms with Crippen molar-refractivity contribution in [3.8, 4) is 0 Å². The fraction of sp³-hybridized carbons (Fsp3) is 0.500. The summed E-state index contributed by atoms with van der Waals surface area (Å²) in [4.78, 5) is 21.5. The molecule has 3 rings (SSSR count). The van der Waals surface area contributed by atoms with E-state index in [4.69, 9.17) is 0 Å². The molecule has 1 saturated heterocycles. The van der Waals surface area contributed by atoms with E-state index in [-0.39, 0.29) is 41.7 Å². The second-order valence-corrected chi connectivity index (χ2v) is 6.84. The van der Waals surface area contributed by atoms with Crippen LogP contribution in [0.5, 0.6) is 0 Å². The second-order valence-electron chi connectivity index (χ2n) is 6.84. The Labute approximate surface area is 182 Å². The monoisotopic (exact) mass is 501 g/mol. The number of rotatable bonds is 6. The molecule has 0 radical (unpaired) electrons. The Morgan fingerprint density at radius 2 is 2.21 bits per heavy atom. The van der Waals surface area contributed by atoms with Crippen molar-refractivity contribution >= 4 is 46.7 Å². The summed E-state index contributed by atoms with van der Waals surface area (Å²) in [5.74, 6) is 0.746. The minimum absolute atomic E-state index is 0. The van der Waals surface area contributed by atoms with Crippen LogP contribution in [0.25, 0.3) is 10.9 Å². The van der Waals surface area contributed by atoms with Crippen molar-refractivity contribution in [3.05, 3.63) is 35.8 Å². The number of aromatic amines is 1. The van der Waals surface area contributed by atoms with Crippen LogP contribution in [0.3, 0.4) is 0 Å². The predicted molar refractivity (Wildman–Crippen MR) is 122 cm³/mol. The lowest BCUT2D eigenvalue weighted by atomic mass is 10.1. The molecule has 1 aromatic carbocycles. The maximum Gasteiger partial charge on any atom is 0.222 e. The highest BCUT2D eigenvalue weighted by atomic mass is 127. The van der Waals surface area contributed by atoms with Crippen molar-refractivity contribution < 1.29 is 9.18 Å². The topological polar surface area (TPSA) is 72.5 Å². The van der Waals surface area contributed by atoms with Crippen LogP contribution in [-0.2, 0) is 11.2 Å².